The maximum Gasteiger partial charge on any atom is 0.310 e. The molecule has 2 aromatic heterocycles. The van der Waals surface area contributed by atoms with E-state index in [1.54, 1.807) is 0 Å². The van der Waals surface area contributed by atoms with E-state index in [1.807, 2.05) is 0 Å². The molecule has 3 heterocycles. The zero-order valence-electron chi connectivity index (χ0n) is 9.77. The van der Waals surface area contributed by atoms with Gasteiger partial charge in [-0.25, -0.2) is 9.97 Å². The number of rotatable bonds is 2. The van der Waals surface area contributed by atoms with Gasteiger partial charge >= 0.3 is 6.08 Å². The summed E-state index contributed by atoms with van der Waals surface area (Å²) < 4.78 is 19.9. The SMILES string of the molecule is Nc1nc2cnc(F)nc2n1[C@@H]1C[C@@H](O)[C@H](CO)O1. The number of anilines is 1. The topological polar surface area (TPSA) is 119 Å². The monoisotopic (exact) mass is 269 g/mol. The van der Waals surface area contributed by atoms with Gasteiger partial charge in [-0.15, -0.1) is 0 Å². The van der Waals surface area contributed by atoms with Crippen molar-refractivity contribution < 1.29 is 19.3 Å². The van der Waals surface area contributed by atoms with Crippen molar-refractivity contribution in [3.8, 4) is 0 Å². The number of aliphatic hydroxyl groups is 2. The third kappa shape index (κ3) is 1.91. The Hall–Kier alpha value is -1.84. The molecule has 0 saturated carbocycles. The molecule has 1 saturated heterocycles. The fraction of sp³-hybridized carbons (Fsp3) is 0.500. The highest BCUT2D eigenvalue weighted by atomic mass is 19.1. The van der Waals surface area contributed by atoms with E-state index < -0.39 is 24.5 Å². The van der Waals surface area contributed by atoms with Gasteiger partial charge in [0.05, 0.1) is 18.9 Å². The van der Waals surface area contributed by atoms with Gasteiger partial charge in [-0.2, -0.15) is 9.37 Å². The Balaban J connectivity index is 2.05. The van der Waals surface area contributed by atoms with Crippen LogP contribution in [0.4, 0.5) is 10.3 Å². The summed E-state index contributed by atoms with van der Waals surface area (Å²) in [4.78, 5) is 11.0. The van der Waals surface area contributed by atoms with Gasteiger partial charge in [0.25, 0.3) is 0 Å². The van der Waals surface area contributed by atoms with Gasteiger partial charge in [0.15, 0.2) is 5.65 Å². The minimum Gasteiger partial charge on any atom is -0.394 e. The molecule has 102 valence electrons. The van der Waals surface area contributed by atoms with E-state index >= 15 is 0 Å². The summed E-state index contributed by atoms with van der Waals surface area (Å²) in [6.45, 7) is -0.312. The van der Waals surface area contributed by atoms with Crippen molar-refractivity contribution in [2.45, 2.75) is 24.9 Å². The zero-order valence-corrected chi connectivity index (χ0v) is 9.77. The lowest BCUT2D eigenvalue weighted by Gasteiger charge is -2.14. The summed E-state index contributed by atoms with van der Waals surface area (Å²) in [5, 5.41) is 18.8. The number of nitrogens with two attached hydrogens (primary N) is 1. The number of hydrogen-bond acceptors (Lipinski definition) is 7. The van der Waals surface area contributed by atoms with Crippen molar-refractivity contribution in [1.82, 2.24) is 19.5 Å². The molecule has 3 rings (SSSR count). The van der Waals surface area contributed by atoms with Crippen LogP contribution in [0.3, 0.4) is 0 Å². The molecule has 9 heteroatoms. The third-order valence-electron chi connectivity index (χ3n) is 3.10. The summed E-state index contributed by atoms with van der Waals surface area (Å²) in [6.07, 6.45) is -1.63. The predicted molar refractivity (Wildman–Crippen MR) is 61.3 cm³/mol. The molecule has 0 amide bonds. The van der Waals surface area contributed by atoms with Crippen LogP contribution in [0.2, 0.25) is 0 Å². The molecule has 0 bridgehead atoms. The number of nitrogen functional groups attached to an aromatic ring is 1. The largest absolute Gasteiger partial charge is 0.394 e. The zero-order chi connectivity index (χ0) is 13.6. The fourth-order valence-electron chi connectivity index (χ4n) is 2.21. The Kier molecular flexibility index (Phi) is 2.81. The van der Waals surface area contributed by atoms with E-state index in [0.29, 0.717) is 5.52 Å². The quantitative estimate of drug-likeness (QED) is 0.610. The second kappa shape index (κ2) is 4.37. The van der Waals surface area contributed by atoms with Crippen molar-refractivity contribution in [1.29, 1.82) is 0 Å². The number of halogens is 1. The molecule has 3 atom stereocenters. The Morgan fingerprint density at radius 1 is 1.53 bits per heavy atom. The van der Waals surface area contributed by atoms with Crippen molar-refractivity contribution >= 4 is 17.1 Å². The van der Waals surface area contributed by atoms with Gasteiger partial charge in [-0.3, -0.25) is 4.57 Å². The lowest BCUT2D eigenvalue weighted by atomic mass is 10.2. The maximum atomic E-state index is 13.1. The van der Waals surface area contributed by atoms with Gasteiger partial charge < -0.3 is 20.7 Å². The molecule has 1 aliphatic heterocycles. The molecular formula is C10H12FN5O3. The number of aliphatic hydroxyl groups excluding tert-OH is 2. The molecule has 1 fully saturated rings. The van der Waals surface area contributed by atoms with Gasteiger partial charge in [-0.05, 0) is 0 Å². The number of imidazole rings is 1. The maximum absolute atomic E-state index is 13.1. The highest BCUT2D eigenvalue weighted by Gasteiger charge is 2.36. The fourth-order valence-corrected chi connectivity index (χ4v) is 2.21. The Labute approximate surface area is 106 Å². The summed E-state index contributed by atoms with van der Waals surface area (Å²) in [5.74, 6) is 0.0886. The van der Waals surface area contributed by atoms with Crippen LogP contribution < -0.4 is 5.73 Å². The lowest BCUT2D eigenvalue weighted by molar-refractivity contribution is -0.0425. The average molecular weight is 269 g/mol. The minimum absolute atomic E-state index is 0.0886. The van der Waals surface area contributed by atoms with Crippen LogP contribution in [0.1, 0.15) is 12.6 Å². The van der Waals surface area contributed by atoms with Crippen molar-refractivity contribution in [3.05, 3.63) is 12.3 Å². The normalized spacial score (nSPS) is 27.2. The summed E-state index contributed by atoms with van der Waals surface area (Å²) in [5.41, 5.74) is 6.29. The van der Waals surface area contributed by atoms with Crippen LogP contribution in [0, 0.1) is 6.08 Å². The first-order valence-corrected chi connectivity index (χ1v) is 5.70. The summed E-state index contributed by atoms with van der Waals surface area (Å²) >= 11 is 0. The molecular weight excluding hydrogens is 257 g/mol. The number of hydrogen-bond donors (Lipinski definition) is 3. The molecule has 4 N–H and O–H groups in total. The Morgan fingerprint density at radius 3 is 3.00 bits per heavy atom. The third-order valence-corrected chi connectivity index (χ3v) is 3.10. The first-order valence-electron chi connectivity index (χ1n) is 5.70. The van der Waals surface area contributed by atoms with Gasteiger partial charge in [0.2, 0.25) is 5.95 Å². The van der Waals surface area contributed by atoms with Crippen LogP contribution in [0.25, 0.3) is 11.2 Å². The molecule has 0 spiro atoms. The van der Waals surface area contributed by atoms with E-state index in [2.05, 4.69) is 15.0 Å². The Morgan fingerprint density at radius 2 is 2.32 bits per heavy atom. The van der Waals surface area contributed by atoms with E-state index in [-0.39, 0.29) is 24.6 Å². The molecule has 0 unspecified atom stereocenters. The van der Waals surface area contributed by atoms with Gasteiger partial charge in [0.1, 0.15) is 17.8 Å². The summed E-state index contributed by atoms with van der Waals surface area (Å²) in [7, 11) is 0. The minimum atomic E-state index is -0.897. The smallest absolute Gasteiger partial charge is 0.310 e. The standard InChI is InChI=1S/C10H12FN5O3/c11-9-13-2-4-8(15-9)16(10(12)14-4)7-1-5(18)6(3-17)19-7/h2,5-7,17-18H,1,3H2,(H2,12,14)/t5-,6+,7+/m1/s1. The van der Waals surface area contributed by atoms with E-state index in [9.17, 15) is 9.50 Å². The number of nitrogens with zero attached hydrogens (tertiary/aromatic N) is 4. The van der Waals surface area contributed by atoms with Crippen molar-refractivity contribution in [3.63, 3.8) is 0 Å². The second-order valence-corrected chi connectivity index (χ2v) is 4.30. The molecule has 2 aromatic rings. The average Bonchev–Trinajstić information content (AvgIpc) is 2.88. The van der Waals surface area contributed by atoms with Crippen LogP contribution in [-0.4, -0.2) is 48.5 Å². The molecule has 0 aliphatic carbocycles. The molecule has 0 radical (unpaired) electrons. The molecule has 19 heavy (non-hydrogen) atoms. The number of fused-ring (bicyclic) bond motifs is 1. The van der Waals surface area contributed by atoms with E-state index in [4.69, 9.17) is 15.6 Å². The number of aromatic nitrogens is 4. The number of ether oxygens (including phenoxy) is 1. The first kappa shape index (κ1) is 12.2. The van der Waals surface area contributed by atoms with Crippen LogP contribution in [0.15, 0.2) is 6.20 Å². The highest BCUT2D eigenvalue weighted by molar-refractivity contribution is 5.72. The van der Waals surface area contributed by atoms with Crippen LogP contribution >= 0.6 is 0 Å². The van der Waals surface area contributed by atoms with Gasteiger partial charge in [-0.1, -0.05) is 0 Å². The molecule has 0 aromatic carbocycles. The predicted octanol–water partition coefficient (Wildman–Crippen LogP) is -0.812. The van der Waals surface area contributed by atoms with Crippen LogP contribution in [-0.2, 0) is 4.74 Å². The van der Waals surface area contributed by atoms with E-state index in [1.165, 1.54) is 10.8 Å². The highest BCUT2D eigenvalue weighted by Crippen LogP contribution is 2.32. The summed E-state index contributed by atoms with van der Waals surface area (Å²) in [6, 6.07) is 0. The van der Waals surface area contributed by atoms with Crippen molar-refractivity contribution in [2.75, 3.05) is 12.3 Å². The van der Waals surface area contributed by atoms with Crippen LogP contribution in [0.5, 0.6) is 0 Å². The Bertz CT molecular complexity index is 618. The second-order valence-electron chi connectivity index (χ2n) is 4.30. The first-order chi connectivity index (χ1) is 9.10. The lowest BCUT2D eigenvalue weighted by Crippen LogP contribution is -2.24. The van der Waals surface area contributed by atoms with E-state index in [0.717, 1.165) is 0 Å². The van der Waals surface area contributed by atoms with Gasteiger partial charge in [0, 0.05) is 6.42 Å². The molecule has 1 aliphatic rings. The van der Waals surface area contributed by atoms with Crippen molar-refractivity contribution in [2.24, 2.45) is 0 Å². The molecule has 8 nitrogen and oxygen atoms in total.